The molecular weight excluding hydrogens is 350 g/mol. The van der Waals surface area contributed by atoms with Gasteiger partial charge < -0.3 is 14.5 Å². The Morgan fingerprint density at radius 1 is 1.18 bits per heavy atom. The topological polar surface area (TPSA) is 56.6 Å². The highest BCUT2D eigenvalue weighted by molar-refractivity contribution is 5.73. The van der Waals surface area contributed by atoms with E-state index in [4.69, 9.17) is 10.00 Å². The number of likely N-dealkylation sites (N-methyl/N-ethyl adjacent to an activating group) is 1. The average Bonchev–Trinajstić information content (AvgIpc) is 3.20. The summed E-state index contributed by atoms with van der Waals surface area (Å²) in [6.45, 7) is 5.30. The summed E-state index contributed by atoms with van der Waals surface area (Å²) in [5, 5.41) is 8.88. The molecule has 28 heavy (non-hydrogen) atoms. The van der Waals surface area contributed by atoms with Crippen LogP contribution in [0.2, 0.25) is 0 Å². The summed E-state index contributed by atoms with van der Waals surface area (Å²) in [6, 6.07) is 18.1. The van der Waals surface area contributed by atoms with Crippen LogP contribution >= 0.6 is 0 Å². The molecule has 1 fully saturated rings. The first-order valence-corrected chi connectivity index (χ1v) is 9.76. The molecule has 2 aromatic carbocycles. The van der Waals surface area contributed by atoms with Crippen molar-refractivity contribution in [3.8, 4) is 22.9 Å². The van der Waals surface area contributed by atoms with E-state index in [0.29, 0.717) is 18.2 Å². The highest BCUT2D eigenvalue weighted by atomic mass is 16.5. The van der Waals surface area contributed by atoms with Crippen LogP contribution in [0.4, 0.5) is 0 Å². The molecule has 0 radical (unpaired) electrons. The van der Waals surface area contributed by atoms with Crippen molar-refractivity contribution >= 4 is 5.91 Å². The molecule has 1 aliphatic heterocycles. The van der Waals surface area contributed by atoms with Crippen LogP contribution in [-0.4, -0.2) is 55.0 Å². The van der Waals surface area contributed by atoms with Gasteiger partial charge in [-0.05, 0) is 48.2 Å². The first-order chi connectivity index (χ1) is 13.6. The smallest absolute Gasteiger partial charge is 0.219 e. The van der Waals surface area contributed by atoms with Gasteiger partial charge in [0.05, 0.1) is 18.2 Å². The van der Waals surface area contributed by atoms with Crippen molar-refractivity contribution in [1.82, 2.24) is 9.80 Å². The Morgan fingerprint density at radius 2 is 1.82 bits per heavy atom. The SMILES string of the molecule is CC(=O)N(C)[C@@H]1CCN(CCCOc2ccc(-c3ccc(C#N)cc3)cc2)C1. The van der Waals surface area contributed by atoms with E-state index in [1.165, 1.54) is 0 Å². The maximum atomic E-state index is 11.5. The third-order valence-electron chi connectivity index (χ3n) is 5.38. The summed E-state index contributed by atoms with van der Waals surface area (Å²) in [5.74, 6) is 1.01. The Balaban J connectivity index is 1.41. The van der Waals surface area contributed by atoms with Crippen LogP contribution in [0.5, 0.6) is 5.75 Å². The molecule has 2 aromatic rings. The lowest BCUT2D eigenvalue weighted by molar-refractivity contribution is -0.129. The van der Waals surface area contributed by atoms with Crippen LogP contribution < -0.4 is 4.74 Å². The zero-order valence-electron chi connectivity index (χ0n) is 16.6. The Labute approximate surface area is 167 Å². The molecule has 1 amide bonds. The number of nitriles is 1. The zero-order valence-corrected chi connectivity index (χ0v) is 16.6. The molecule has 5 nitrogen and oxygen atoms in total. The van der Waals surface area contributed by atoms with Gasteiger partial charge in [-0.2, -0.15) is 5.26 Å². The van der Waals surface area contributed by atoms with E-state index in [0.717, 1.165) is 49.4 Å². The number of hydrogen-bond acceptors (Lipinski definition) is 4. The van der Waals surface area contributed by atoms with E-state index in [1.807, 2.05) is 60.5 Å². The van der Waals surface area contributed by atoms with E-state index >= 15 is 0 Å². The number of carbonyl (C=O) groups is 1. The highest BCUT2D eigenvalue weighted by Gasteiger charge is 2.26. The third-order valence-corrected chi connectivity index (χ3v) is 5.38. The number of carbonyl (C=O) groups excluding carboxylic acids is 1. The van der Waals surface area contributed by atoms with Crippen LogP contribution in [-0.2, 0) is 4.79 Å². The minimum Gasteiger partial charge on any atom is -0.494 e. The number of ether oxygens (including phenoxy) is 1. The van der Waals surface area contributed by atoms with Crippen molar-refractivity contribution in [2.45, 2.75) is 25.8 Å². The summed E-state index contributed by atoms with van der Waals surface area (Å²) < 4.78 is 5.87. The lowest BCUT2D eigenvalue weighted by Gasteiger charge is -2.23. The summed E-state index contributed by atoms with van der Waals surface area (Å²) >= 11 is 0. The third kappa shape index (κ3) is 5.11. The Kier molecular flexibility index (Phi) is 6.67. The normalized spacial score (nSPS) is 16.5. The molecule has 1 heterocycles. The molecule has 0 aromatic heterocycles. The maximum absolute atomic E-state index is 11.5. The lowest BCUT2D eigenvalue weighted by atomic mass is 10.0. The molecule has 0 aliphatic carbocycles. The fourth-order valence-electron chi connectivity index (χ4n) is 3.55. The second kappa shape index (κ2) is 9.38. The second-order valence-electron chi connectivity index (χ2n) is 7.29. The van der Waals surface area contributed by atoms with Gasteiger partial charge in [-0.25, -0.2) is 0 Å². The minimum absolute atomic E-state index is 0.139. The van der Waals surface area contributed by atoms with Gasteiger partial charge in [0.2, 0.25) is 5.91 Å². The fraction of sp³-hybridized carbons (Fsp3) is 0.391. The number of likely N-dealkylation sites (tertiary alicyclic amines) is 1. The van der Waals surface area contributed by atoms with Crippen LogP contribution in [0.3, 0.4) is 0 Å². The van der Waals surface area contributed by atoms with Crippen molar-refractivity contribution in [3.63, 3.8) is 0 Å². The largest absolute Gasteiger partial charge is 0.494 e. The van der Waals surface area contributed by atoms with Gasteiger partial charge in [-0.15, -0.1) is 0 Å². The zero-order chi connectivity index (χ0) is 19.9. The molecule has 0 saturated carbocycles. The van der Waals surface area contributed by atoms with Crippen LogP contribution in [0.15, 0.2) is 48.5 Å². The lowest BCUT2D eigenvalue weighted by Crippen LogP contribution is -2.37. The first kappa shape index (κ1) is 19.9. The van der Waals surface area contributed by atoms with Gasteiger partial charge in [-0.3, -0.25) is 4.79 Å². The van der Waals surface area contributed by atoms with Crippen LogP contribution in [0, 0.1) is 11.3 Å². The summed E-state index contributed by atoms with van der Waals surface area (Å²) in [7, 11) is 1.89. The Bertz CT molecular complexity index is 824. The van der Waals surface area contributed by atoms with Gasteiger partial charge in [0.15, 0.2) is 0 Å². The van der Waals surface area contributed by atoms with E-state index in [9.17, 15) is 4.79 Å². The average molecular weight is 377 g/mol. The number of nitrogens with zero attached hydrogens (tertiary/aromatic N) is 3. The van der Waals surface area contributed by atoms with Crippen LogP contribution in [0.1, 0.15) is 25.3 Å². The van der Waals surface area contributed by atoms with Crippen molar-refractivity contribution in [2.24, 2.45) is 0 Å². The highest BCUT2D eigenvalue weighted by Crippen LogP contribution is 2.23. The minimum atomic E-state index is 0.139. The quantitative estimate of drug-likeness (QED) is 0.693. The summed E-state index contributed by atoms with van der Waals surface area (Å²) in [4.78, 5) is 15.7. The molecule has 5 heteroatoms. The van der Waals surface area contributed by atoms with Crippen molar-refractivity contribution < 1.29 is 9.53 Å². The number of hydrogen-bond donors (Lipinski definition) is 0. The second-order valence-corrected chi connectivity index (χ2v) is 7.29. The summed E-state index contributed by atoms with van der Waals surface area (Å²) in [5.41, 5.74) is 2.86. The molecule has 1 saturated heterocycles. The van der Waals surface area contributed by atoms with Gasteiger partial charge in [0.25, 0.3) is 0 Å². The van der Waals surface area contributed by atoms with Gasteiger partial charge in [0.1, 0.15) is 5.75 Å². The van der Waals surface area contributed by atoms with Gasteiger partial charge >= 0.3 is 0 Å². The van der Waals surface area contributed by atoms with Crippen molar-refractivity contribution in [1.29, 1.82) is 5.26 Å². The molecule has 1 aliphatic rings. The van der Waals surface area contributed by atoms with E-state index in [-0.39, 0.29) is 5.91 Å². The molecular formula is C23H27N3O2. The predicted molar refractivity (Wildman–Crippen MR) is 110 cm³/mol. The van der Waals surface area contributed by atoms with E-state index in [1.54, 1.807) is 6.92 Å². The number of benzene rings is 2. The van der Waals surface area contributed by atoms with Gasteiger partial charge in [-0.1, -0.05) is 24.3 Å². The molecule has 3 rings (SSSR count). The molecule has 0 N–H and O–H groups in total. The Hall–Kier alpha value is -2.84. The monoisotopic (exact) mass is 377 g/mol. The maximum Gasteiger partial charge on any atom is 0.219 e. The summed E-state index contributed by atoms with van der Waals surface area (Å²) in [6.07, 6.45) is 2.02. The predicted octanol–water partition coefficient (Wildman–Crippen LogP) is 3.55. The standard InChI is InChI=1S/C23H27N3O2/c1-18(27)25(2)22-12-14-26(17-22)13-3-15-28-23-10-8-21(9-11-23)20-6-4-19(16-24)5-7-20/h4-11,22H,3,12-15,17H2,1-2H3/t22-/m1/s1. The Morgan fingerprint density at radius 3 is 2.43 bits per heavy atom. The molecule has 1 atom stereocenters. The molecule has 146 valence electrons. The molecule has 0 unspecified atom stereocenters. The first-order valence-electron chi connectivity index (χ1n) is 9.76. The van der Waals surface area contributed by atoms with Gasteiger partial charge in [0, 0.05) is 39.6 Å². The van der Waals surface area contributed by atoms with Crippen molar-refractivity contribution in [3.05, 3.63) is 54.1 Å². The number of rotatable bonds is 7. The van der Waals surface area contributed by atoms with E-state index < -0.39 is 0 Å². The molecule has 0 bridgehead atoms. The number of amides is 1. The van der Waals surface area contributed by atoms with E-state index in [2.05, 4.69) is 11.0 Å². The fourth-order valence-corrected chi connectivity index (χ4v) is 3.55. The van der Waals surface area contributed by atoms with Crippen molar-refractivity contribution in [2.75, 3.05) is 33.3 Å². The molecule has 0 spiro atoms. The van der Waals surface area contributed by atoms with Crippen LogP contribution in [0.25, 0.3) is 11.1 Å².